The average Bonchev–Trinajstić information content (AvgIpc) is 2.12. The van der Waals surface area contributed by atoms with Crippen LogP contribution in [0.2, 0.25) is 0 Å². The molecule has 0 N–H and O–H groups in total. The van der Waals surface area contributed by atoms with Crippen LogP contribution >= 0.6 is 15.8 Å². The molecule has 0 fully saturated rings. The van der Waals surface area contributed by atoms with E-state index in [9.17, 15) is 0 Å². The van der Waals surface area contributed by atoms with Gasteiger partial charge in [0.2, 0.25) is 0 Å². The predicted octanol–water partition coefficient (Wildman–Crippen LogP) is 4.03. The van der Waals surface area contributed by atoms with Crippen molar-refractivity contribution in [2.45, 2.75) is 39.0 Å². The van der Waals surface area contributed by atoms with E-state index < -0.39 is 0 Å². The normalized spacial score (nSPS) is 21.5. The lowest BCUT2D eigenvalue weighted by molar-refractivity contribution is 0.896. The molecule has 0 spiro atoms. The molecule has 0 amide bonds. The summed E-state index contributed by atoms with van der Waals surface area (Å²) in [5, 5.41) is 0. The molecule has 2 heteroatoms. The molecule has 0 aromatic rings. The van der Waals surface area contributed by atoms with Crippen molar-refractivity contribution in [3.05, 3.63) is 0 Å². The van der Waals surface area contributed by atoms with Crippen molar-refractivity contribution >= 4 is 15.8 Å². The van der Waals surface area contributed by atoms with Gasteiger partial charge in [-0.25, -0.2) is 0 Å². The Kier molecular flexibility index (Phi) is 6.79. The van der Waals surface area contributed by atoms with E-state index in [-0.39, 0.29) is 0 Å². The van der Waals surface area contributed by atoms with Gasteiger partial charge in [0, 0.05) is 0 Å². The molecular formula is C10H24P2. The first-order chi connectivity index (χ1) is 5.54. The highest BCUT2D eigenvalue weighted by Gasteiger charge is 2.20. The molecule has 0 heterocycles. The summed E-state index contributed by atoms with van der Waals surface area (Å²) >= 11 is 0. The third-order valence-electron chi connectivity index (χ3n) is 3.09. The first-order valence-corrected chi connectivity index (χ1v) is 9.03. The van der Waals surface area contributed by atoms with Gasteiger partial charge in [0.15, 0.2) is 0 Å². The second kappa shape index (κ2) is 6.33. The van der Waals surface area contributed by atoms with Crippen LogP contribution in [0, 0.1) is 0 Å². The third kappa shape index (κ3) is 3.71. The summed E-state index contributed by atoms with van der Waals surface area (Å²) < 4.78 is 0. The van der Waals surface area contributed by atoms with Crippen LogP contribution in [0.5, 0.6) is 0 Å². The Labute approximate surface area is 81.0 Å². The Morgan fingerprint density at radius 3 is 1.25 bits per heavy atom. The number of hydrogen-bond donors (Lipinski definition) is 0. The summed E-state index contributed by atoms with van der Waals surface area (Å²) in [4.78, 5) is 0. The van der Waals surface area contributed by atoms with Crippen molar-refractivity contribution in [3.63, 3.8) is 0 Å². The van der Waals surface area contributed by atoms with E-state index in [0.717, 1.165) is 11.3 Å². The first-order valence-electron chi connectivity index (χ1n) is 4.95. The monoisotopic (exact) mass is 206 g/mol. The second-order valence-corrected chi connectivity index (χ2v) is 9.55. The van der Waals surface area contributed by atoms with E-state index in [0.29, 0.717) is 15.8 Å². The van der Waals surface area contributed by atoms with Crippen LogP contribution in [-0.2, 0) is 0 Å². The molecule has 74 valence electrons. The smallest absolute Gasteiger partial charge is 0.0175 e. The van der Waals surface area contributed by atoms with Gasteiger partial charge in [-0.1, -0.05) is 27.7 Å². The fourth-order valence-corrected chi connectivity index (χ4v) is 5.30. The third-order valence-corrected chi connectivity index (χ3v) is 8.99. The Morgan fingerprint density at radius 1 is 0.833 bits per heavy atom. The predicted molar refractivity (Wildman–Crippen MR) is 65.7 cm³/mol. The molecule has 0 rings (SSSR count). The molecule has 0 radical (unpaired) electrons. The topological polar surface area (TPSA) is 0 Å². The summed E-state index contributed by atoms with van der Waals surface area (Å²) in [6, 6.07) is 0. The maximum Gasteiger partial charge on any atom is -0.0175 e. The van der Waals surface area contributed by atoms with Gasteiger partial charge in [0.25, 0.3) is 0 Å². The second-order valence-electron chi connectivity index (χ2n) is 3.63. The fraction of sp³-hybridized carbons (Fsp3) is 1.00. The molecule has 0 aromatic carbocycles. The van der Waals surface area contributed by atoms with Gasteiger partial charge in [0.1, 0.15) is 0 Å². The molecule has 0 bridgehead atoms. The van der Waals surface area contributed by atoms with E-state index >= 15 is 0 Å². The van der Waals surface area contributed by atoms with Gasteiger partial charge < -0.3 is 0 Å². The lowest BCUT2D eigenvalue weighted by Crippen LogP contribution is -2.17. The highest BCUT2D eigenvalue weighted by Crippen LogP contribution is 2.48. The van der Waals surface area contributed by atoms with Crippen molar-refractivity contribution in [1.82, 2.24) is 0 Å². The van der Waals surface area contributed by atoms with Crippen molar-refractivity contribution in [3.8, 4) is 0 Å². The zero-order valence-electron chi connectivity index (χ0n) is 9.46. The molecule has 0 saturated heterocycles. The Balaban J connectivity index is 3.99. The van der Waals surface area contributed by atoms with E-state index in [2.05, 4.69) is 41.0 Å². The molecule has 2 unspecified atom stereocenters. The molecule has 0 aliphatic carbocycles. The highest BCUT2D eigenvalue weighted by molar-refractivity contribution is 7.61. The summed E-state index contributed by atoms with van der Waals surface area (Å²) in [5.74, 6) is 0. The molecule has 0 nitrogen and oxygen atoms in total. The lowest BCUT2D eigenvalue weighted by atomic mass is 10.4. The number of rotatable bonds is 5. The summed E-state index contributed by atoms with van der Waals surface area (Å²) in [5.41, 5.74) is 1.95. The fourth-order valence-electron chi connectivity index (χ4n) is 1.31. The van der Waals surface area contributed by atoms with Crippen LogP contribution in [-0.4, -0.2) is 37.0 Å². The minimum Gasteiger partial charge on any atom is -0.107 e. The minimum absolute atomic E-state index is 0.299. The zero-order chi connectivity index (χ0) is 9.72. The maximum atomic E-state index is 2.45. The van der Waals surface area contributed by atoms with Crippen molar-refractivity contribution in [1.29, 1.82) is 0 Å². The number of hydrogen-bond acceptors (Lipinski definition) is 0. The van der Waals surface area contributed by atoms with Gasteiger partial charge in [-0.05, 0) is 37.0 Å². The average molecular weight is 206 g/mol. The van der Waals surface area contributed by atoms with Crippen LogP contribution in [0.4, 0.5) is 0 Å². The van der Waals surface area contributed by atoms with Gasteiger partial charge >= 0.3 is 0 Å². The summed E-state index contributed by atoms with van der Waals surface area (Å²) in [6.45, 7) is 14.5. The van der Waals surface area contributed by atoms with E-state index in [1.165, 1.54) is 12.3 Å². The quantitative estimate of drug-likeness (QED) is 0.596. The summed E-state index contributed by atoms with van der Waals surface area (Å²) in [6.07, 6.45) is 2.79. The van der Waals surface area contributed by atoms with Crippen LogP contribution < -0.4 is 0 Å². The van der Waals surface area contributed by atoms with Crippen LogP contribution in [0.25, 0.3) is 0 Å². The Bertz CT molecular complexity index is 100. The summed E-state index contributed by atoms with van der Waals surface area (Å²) in [7, 11) is 0.598. The SMILES string of the molecule is CCP(C)[C@H](C)[C@@H](C)P(C)CC. The van der Waals surface area contributed by atoms with E-state index in [1.807, 2.05) is 0 Å². The minimum atomic E-state index is 0.299. The largest absolute Gasteiger partial charge is 0.107 e. The van der Waals surface area contributed by atoms with Crippen molar-refractivity contribution in [2.75, 3.05) is 25.7 Å². The molecule has 0 saturated carbocycles. The van der Waals surface area contributed by atoms with Crippen LogP contribution in [0.15, 0.2) is 0 Å². The molecular weight excluding hydrogens is 182 g/mol. The van der Waals surface area contributed by atoms with Crippen molar-refractivity contribution in [2.24, 2.45) is 0 Å². The Hall–Kier alpha value is 0.860. The molecule has 0 aliphatic rings. The molecule has 4 atom stereocenters. The van der Waals surface area contributed by atoms with Crippen LogP contribution in [0.1, 0.15) is 27.7 Å². The zero-order valence-corrected chi connectivity index (χ0v) is 11.3. The van der Waals surface area contributed by atoms with Crippen molar-refractivity contribution < 1.29 is 0 Å². The standard InChI is InChI=1S/C10H24P2/c1-7-11(5)9(3)10(4)12(6)8-2/h9-10H,7-8H2,1-6H3/t9-,10-,11?,12?/m1/s1. The molecule has 0 aromatic heterocycles. The lowest BCUT2D eigenvalue weighted by Gasteiger charge is -2.30. The van der Waals surface area contributed by atoms with E-state index in [1.54, 1.807) is 0 Å². The van der Waals surface area contributed by atoms with Crippen LogP contribution in [0.3, 0.4) is 0 Å². The van der Waals surface area contributed by atoms with Gasteiger partial charge in [-0.15, -0.1) is 15.8 Å². The van der Waals surface area contributed by atoms with E-state index in [4.69, 9.17) is 0 Å². The Morgan fingerprint density at radius 2 is 1.08 bits per heavy atom. The maximum absolute atomic E-state index is 2.45. The van der Waals surface area contributed by atoms with Gasteiger partial charge in [-0.3, -0.25) is 0 Å². The van der Waals surface area contributed by atoms with Gasteiger partial charge in [0.05, 0.1) is 0 Å². The molecule has 0 aliphatic heterocycles. The highest BCUT2D eigenvalue weighted by atomic mass is 31.1. The first kappa shape index (κ1) is 12.9. The molecule has 12 heavy (non-hydrogen) atoms. The van der Waals surface area contributed by atoms with Gasteiger partial charge in [-0.2, -0.15) is 0 Å².